The van der Waals surface area contributed by atoms with E-state index in [9.17, 15) is 9.90 Å². The van der Waals surface area contributed by atoms with Crippen LogP contribution in [0.3, 0.4) is 0 Å². The summed E-state index contributed by atoms with van der Waals surface area (Å²) in [4.78, 5) is 12.3. The lowest BCUT2D eigenvalue weighted by Crippen LogP contribution is -2.52. The molecule has 6 nitrogen and oxygen atoms in total. The molecule has 0 atom stereocenters. The van der Waals surface area contributed by atoms with Gasteiger partial charge in [0.2, 0.25) is 0 Å². The predicted molar refractivity (Wildman–Crippen MR) is 62.7 cm³/mol. The standard InChI is InChI=1S/C13H18N4O2/c18-12(19)4-11-14-16-17(15-11)13-5-8-1-9(6-13)3-10(2-8)7-13/h8-10H,1-7H2,(H,18,19)/p-1. The molecule has 0 aromatic carbocycles. The van der Waals surface area contributed by atoms with Gasteiger partial charge in [-0.3, -0.25) is 0 Å². The highest BCUT2D eigenvalue weighted by Crippen LogP contribution is 2.58. The lowest BCUT2D eigenvalue weighted by Gasteiger charge is -2.55. The van der Waals surface area contributed by atoms with Gasteiger partial charge in [-0.25, -0.2) is 0 Å². The Hall–Kier alpha value is -1.46. The molecule has 6 heteroatoms. The maximum atomic E-state index is 10.6. The normalized spacial score (nSPS) is 39.7. The van der Waals surface area contributed by atoms with Crippen LogP contribution in [0.5, 0.6) is 0 Å². The molecule has 1 heterocycles. The monoisotopic (exact) mass is 261 g/mol. The van der Waals surface area contributed by atoms with Crippen molar-refractivity contribution in [1.29, 1.82) is 0 Å². The molecule has 4 aliphatic carbocycles. The second-order valence-electron chi connectivity index (χ2n) is 6.69. The van der Waals surface area contributed by atoms with Crippen LogP contribution in [0.4, 0.5) is 0 Å². The third-order valence-corrected chi connectivity index (χ3v) is 5.19. The summed E-state index contributed by atoms with van der Waals surface area (Å²) in [6.45, 7) is 0. The number of carboxylic acid groups (broad SMARTS) is 1. The Bertz CT molecular complexity index is 489. The summed E-state index contributed by atoms with van der Waals surface area (Å²) >= 11 is 0. The number of aromatic nitrogens is 4. The van der Waals surface area contributed by atoms with Gasteiger partial charge in [0.15, 0.2) is 5.82 Å². The van der Waals surface area contributed by atoms with E-state index in [2.05, 4.69) is 15.4 Å². The van der Waals surface area contributed by atoms with Crippen molar-refractivity contribution in [2.24, 2.45) is 17.8 Å². The molecule has 1 aromatic rings. The van der Waals surface area contributed by atoms with Gasteiger partial charge < -0.3 is 9.90 Å². The zero-order valence-corrected chi connectivity index (χ0v) is 10.8. The van der Waals surface area contributed by atoms with Gasteiger partial charge in [0.25, 0.3) is 0 Å². The van der Waals surface area contributed by atoms with E-state index in [1.165, 1.54) is 19.3 Å². The first-order chi connectivity index (χ1) is 9.13. The molecule has 19 heavy (non-hydrogen) atoms. The van der Waals surface area contributed by atoms with E-state index in [4.69, 9.17) is 0 Å². The van der Waals surface area contributed by atoms with Crippen molar-refractivity contribution in [3.8, 4) is 0 Å². The van der Waals surface area contributed by atoms with Crippen LogP contribution in [0, 0.1) is 17.8 Å². The molecule has 4 bridgehead atoms. The average Bonchev–Trinajstić information content (AvgIpc) is 2.75. The minimum Gasteiger partial charge on any atom is -0.550 e. The lowest BCUT2D eigenvalue weighted by atomic mass is 9.53. The number of hydrogen-bond acceptors (Lipinski definition) is 5. The molecule has 5 rings (SSSR count). The van der Waals surface area contributed by atoms with E-state index in [1.807, 2.05) is 0 Å². The first kappa shape index (κ1) is 11.4. The van der Waals surface area contributed by atoms with Crippen molar-refractivity contribution >= 4 is 5.97 Å². The van der Waals surface area contributed by atoms with E-state index in [0.29, 0.717) is 0 Å². The van der Waals surface area contributed by atoms with Crippen molar-refractivity contribution in [1.82, 2.24) is 20.2 Å². The van der Waals surface area contributed by atoms with E-state index in [-0.39, 0.29) is 17.8 Å². The van der Waals surface area contributed by atoms with Gasteiger partial charge >= 0.3 is 0 Å². The summed E-state index contributed by atoms with van der Waals surface area (Å²) in [6.07, 6.45) is 7.26. The summed E-state index contributed by atoms with van der Waals surface area (Å²) in [7, 11) is 0. The predicted octanol–water partition coefficient (Wildman–Crippen LogP) is -0.109. The fraction of sp³-hybridized carbons (Fsp3) is 0.846. The van der Waals surface area contributed by atoms with Crippen LogP contribution in [0.2, 0.25) is 0 Å². The highest BCUT2D eigenvalue weighted by Gasteiger charge is 2.53. The quantitative estimate of drug-likeness (QED) is 0.758. The molecule has 4 fully saturated rings. The first-order valence-electron chi connectivity index (χ1n) is 7.12. The van der Waals surface area contributed by atoms with Crippen molar-refractivity contribution in [2.75, 3.05) is 0 Å². The maximum absolute atomic E-state index is 10.6. The van der Waals surface area contributed by atoms with Gasteiger partial charge in [-0.05, 0) is 61.5 Å². The Kier molecular flexibility index (Phi) is 2.26. The molecule has 102 valence electrons. The smallest absolute Gasteiger partial charge is 0.180 e. The third-order valence-electron chi connectivity index (χ3n) is 5.19. The molecular weight excluding hydrogens is 244 g/mol. The summed E-state index contributed by atoms with van der Waals surface area (Å²) in [5.41, 5.74) is 0.0198. The van der Waals surface area contributed by atoms with Crippen LogP contribution in [0.1, 0.15) is 44.3 Å². The minimum atomic E-state index is -1.15. The van der Waals surface area contributed by atoms with Crippen LogP contribution < -0.4 is 5.11 Å². The Morgan fingerprint density at radius 2 is 1.79 bits per heavy atom. The minimum absolute atomic E-state index is 0.0198. The Balaban J connectivity index is 1.64. The van der Waals surface area contributed by atoms with Gasteiger partial charge in [-0.15, -0.1) is 10.2 Å². The van der Waals surface area contributed by atoms with E-state index in [1.54, 1.807) is 4.80 Å². The highest BCUT2D eigenvalue weighted by molar-refractivity contribution is 5.66. The molecule has 1 aromatic heterocycles. The Labute approximate surface area is 111 Å². The molecule has 0 aliphatic heterocycles. The second kappa shape index (κ2) is 3.77. The average molecular weight is 261 g/mol. The fourth-order valence-corrected chi connectivity index (χ4v) is 4.95. The molecule has 4 saturated carbocycles. The molecule has 0 N–H and O–H groups in total. The van der Waals surface area contributed by atoms with Crippen LogP contribution >= 0.6 is 0 Å². The number of nitrogens with zero attached hydrogens (tertiary/aromatic N) is 4. The number of tetrazole rings is 1. The van der Waals surface area contributed by atoms with Crippen LogP contribution in [-0.4, -0.2) is 26.2 Å². The van der Waals surface area contributed by atoms with Gasteiger partial charge in [0, 0.05) is 5.97 Å². The van der Waals surface area contributed by atoms with Gasteiger partial charge in [-0.2, -0.15) is 4.80 Å². The summed E-state index contributed by atoms with van der Waals surface area (Å²) < 4.78 is 0. The third kappa shape index (κ3) is 1.76. The van der Waals surface area contributed by atoms with Gasteiger partial charge in [-0.1, -0.05) is 0 Å². The zero-order valence-electron chi connectivity index (χ0n) is 10.8. The topological polar surface area (TPSA) is 83.7 Å². The zero-order chi connectivity index (χ0) is 13.0. The van der Waals surface area contributed by atoms with Crippen LogP contribution in [0.25, 0.3) is 0 Å². The summed E-state index contributed by atoms with van der Waals surface area (Å²) in [5.74, 6) is 1.55. The number of carbonyl (C=O) groups excluding carboxylic acids is 1. The molecule has 0 spiro atoms. The molecule has 0 saturated heterocycles. The van der Waals surface area contributed by atoms with E-state index in [0.717, 1.165) is 37.0 Å². The van der Waals surface area contributed by atoms with Crippen molar-refractivity contribution in [3.05, 3.63) is 5.82 Å². The molecule has 0 radical (unpaired) electrons. The number of carbonyl (C=O) groups is 1. The summed E-state index contributed by atoms with van der Waals surface area (Å²) in [5, 5.41) is 22.9. The summed E-state index contributed by atoms with van der Waals surface area (Å²) in [6, 6.07) is 0. The lowest BCUT2D eigenvalue weighted by molar-refractivity contribution is -0.304. The molecule has 4 aliphatic rings. The number of rotatable bonds is 3. The molecule has 0 unspecified atom stereocenters. The fourth-order valence-electron chi connectivity index (χ4n) is 4.95. The Morgan fingerprint density at radius 3 is 2.32 bits per heavy atom. The largest absolute Gasteiger partial charge is 0.550 e. The van der Waals surface area contributed by atoms with Crippen LogP contribution in [0.15, 0.2) is 0 Å². The highest BCUT2D eigenvalue weighted by atomic mass is 16.4. The van der Waals surface area contributed by atoms with E-state index >= 15 is 0 Å². The second-order valence-corrected chi connectivity index (χ2v) is 6.69. The van der Waals surface area contributed by atoms with Gasteiger partial charge in [0.1, 0.15) is 0 Å². The Morgan fingerprint density at radius 1 is 1.21 bits per heavy atom. The van der Waals surface area contributed by atoms with Crippen molar-refractivity contribution in [3.63, 3.8) is 0 Å². The first-order valence-corrected chi connectivity index (χ1v) is 7.12. The molecule has 0 amide bonds. The SMILES string of the molecule is O=C([O-])Cc1nnn(C23CC4CC(CC(C4)C2)C3)n1. The number of aliphatic carboxylic acids is 1. The van der Waals surface area contributed by atoms with E-state index < -0.39 is 5.97 Å². The van der Waals surface area contributed by atoms with Crippen molar-refractivity contribution in [2.45, 2.75) is 50.5 Å². The van der Waals surface area contributed by atoms with Crippen LogP contribution in [-0.2, 0) is 16.8 Å². The maximum Gasteiger partial charge on any atom is 0.180 e. The van der Waals surface area contributed by atoms with Crippen molar-refractivity contribution < 1.29 is 9.90 Å². The number of carboxylic acids is 1. The van der Waals surface area contributed by atoms with Gasteiger partial charge in [0.05, 0.1) is 12.0 Å². The number of hydrogen-bond donors (Lipinski definition) is 0. The molecular formula is C13H17N4O2-.